The summed E-state index contributed by atoms with van der Waals surface area (Å²) < 4.78 is 0. The van der Waals surface area contributed by atoms with Gasteiger partial charge < -0.3 is 26.4 Å². The van der Waals surface area contributed by atoms with Gasteiger partial charge in [0.15, 0.2) is 0 Å². The Kier molecular flexibility index (Phi) is 5.27. The van der Waals surface area contributed by atoms with E-state index in [-0.39, 0.29) is 0 Å². The topological polar surface area (TPSA) is 150 Å². The number of rotatable bonds is 6. The van der Waals surface area contributed by atoms with E-state index in [0.29, 0.717) is 0 Å². The number of aliphatic hydroxyl groups is 1. The molecular formula is C7H12N2O6. The summed E-state index contributed by atoms with van der Waals surface area (Å²) in [5.74, 6) is -3.61. The predicted molar refractivity (Wildman–Crippen MR) is 46.9 cm³/mol. The number of aliphatic hydroxyl groups excluding tert-OH is 1. The summed E-state index contributed by atoms with van der Waals surface area (Å²) in [4.78, 5) is 31.6. The van der Waals surface area contributed by atoms with Crippen LogP contribution in [0.3, 0.4) is 0 Å². The Morgan fingerprint density at radius 1 is 1.20 bits per heavy atom. The number of carbonyl (C=O) groups is 3. The maximum absolute atomic E-state index is 11.0. The van der Waals surface area contributed by atoms with Gasteiger partial charge in [0.05, 0.1) is 13.0 Å². The minimum absolute atomic E-state index is 0.543. The highest BCUT2D eigenvalue weighted by molar-refractivity contribution is 5.87. The Bertz CT molecular complexity index is 266. The molecule has 15 heavy (non-hydrogen) atoms. The molecule has 0 heterocycles. The van der Waals surface area contributed by atoms with Crippen molar-refractivity contribution >= 4 is 17.8 Å². The molecule has 0 fully saturated rings. The highest BCUT2D eigenvalue weighted by atomic mass is 16.4. The van der Waals surface area contributed by atoms with E-state index in [4.69, 9.17) is 21.1 Å². The number of carboxylic acids is 2. The number of nitrogens with two attached hydrogens (primary N) is 1. The average Bonchev–Trinajstić information content (AvgIpc) is 2.13. The van der Waals surface area contributed by atoms with Gasteiger partial charge in [-0.2, -0.15) is 0 Å². The zero-order valence-electron chi connectivity index (χ0n) is 7.71. The zero-order chi connectivity index (χ0) is 12.0. The maximum Gasteiger partial charge on any atom is 0.328 e. The molecule has 2 atom stereocenters. The molecule has 0 aliphatic carbocycles. The molecule has 6 N–H and O–H groups in total. The van der Waals surface area contributed by atoms with Gasteiger partial charge in [0, 0.05) is 0 Å². The molecule has 0 aromatic rings. The van der Waals surface area contributed by atoms with Crippen molar-refractivity contribution in [1.82, 2.24) is 5.32 Å². The van der Waals surface area contributed by atoms with Gasteiger partial charge in [-0.1, -0.05) is 0 Å². The Morgan fingerprint density at radius 3 is 2.07 bits per heavy atom. The van der Waals surface area contributed by atoms with Crippen LogP contribution in [0.25, 0.3) is 0 Å². The van der Waals surface area contributed by atoms with Gasteiger partial charge in [-0.25, -0.2) is 4.79 Å². The lowest BCUT2D eigenvalue weighted by Crippen LogP contribution is -2.46. The largest absolute Gasteiger partial charge is 0.480 e. The number of hydrogen-bond donors (Lipinski definition) is 5. The molecule has 0 bridgehead atoms. The smallest absolute Gasteiger partial charge is 0.328 e. The summed E-state index contributed by atoms with van der Waals surface area (Å²) in [5.41, 5.74) is 5.04. The highest BCUT2D eigenvalue weighted by Crippen LogP contribution is 1.91. The van der Waals surface area contributed by atoms with Crippen LogP contribution in [0.2, 0.25) is 0 Å². The second-order valence-corrected chi connectivity index (χ2v) is 2.79. The van der Waals surface area contributed by atoms with E-state index in [1.807, 2.05) is 5.32 Å². The number of carbonyl (C=O) groups excluding carboxylic acids is 1. The third kappa shape index (κ3) is 4.93. The molecule has 0 radical (unpaired) electrons. The monoisotopic (exact) mass is 220 g/mol. The van der Waals surface area contributed by atoms with Crippen molar-refractivity contribution in [3.8, 4) is 0 Å². The van der Waals surface area contributed by atoms with Crippen LogP contribution in [0.5, 0.6) is 0 Å². The molecule has 0 saturated heterocycles. The summed E-state index contributed by atoms with van der Waals surface area (Å²) in [6.07, 6.45) is -0.543. The SMILES string of the molecule is NC(CC(=O)NC(CO)C(=O)O)C(=O)O. The number of amides is 1. The fourth-order valence-corrected chi connectivity index (χ4v) is 0.726. The van der Waals surface area contributed by atoms with Crippen LogP contribution >= 0.6 is 0 Å². The molecule has 0 aromatic carbocycles. The fourth-order valence-electron chi connectivity index (χ4n) is 0.726. The number of aliphatic carboxylic acids is 2. The van der Waals surface area contributed by atoms with Crippen LogP contribution in [0, 0.1) is 0 Å². The van der Waals surface area contributed by atoms with Crippen LogP contribution < -0.4 is 11.1 Å². The van der Waals surface area contributed by atoms with E-state index in [2.05, 4.69) is 0 Å². The van der Waals surface area contributed by atoms with Gasteiger partial charge in [0.1, 0.15) is 12.1 Å². The first-order valence-corrected chi connectivity index (χ1v) is 4.00. The predicted octanol–water partition coefficient (Wildman–Crippen LogP) is -2.65. The first kappa shape index (κ1) is 13.3. The third-order valence-corrected chi connectivity index (χ3v) is 1.54. The van der Waals surface area contributed by atoms with Crippen LogP contribution in [0.4, 0.5) is 0 Å². The minimum Gasteiger partial charge on any atom is -0.480 e. The van der Waals surface area contributed by atoms with Crippen LogP contribution in [0.1, 0.15) is 6.42 Å². The van der Waals surface area contributed by atoms with Crippen molar-refractivity contribution in [1.29, 1.82) is 0 Å². The molecule has 0 aliphatic heterocycles. The van der Waals surface area contributed by atoms with Gasteiger partial charge in [-0.15, -0.1) is 0 Å². The van der Waals surface area contributed by atoms with Crippen LogP contribution in [-0.2, 0) is 14.4 Å². The standard InChI is InChI=1S/C7H12N2O6/c8-3(6(12)13)1-5(11)9-4(2-10)7(14)15/h3-4,10H,1-2,8H2,(H,9,11)(H,12,13)(H,14,15). The molecule has 0 saturated carbocycles. The van der Waals surface area contributed by atoms with Crippen LogP contribution in [0.15, 0.2) is 0 Å². The van der Waals surface area contributed by atoms with Crippen molar-refractivity contribution in [3.63, 3.8) is 0 Å². The second-order valence-electron chi connectivity index (χ2n) is 2.79. The summed E-state index contributed by atoms with van der Waals surface area (Å²) in [5, 5.41) is 27.3. The zero-order valence-corrected chi connectivity index (χ0v) is 7.71. The third-order valence-electron chi connectivity index (χ3n) is 1.54. The molecule has 2 unspecified atom stereocenters. The molecule has 86 valence electrons. The highest BCUT2D eigenvalue weighted by Gasteiger charge is 2.22. The molecular weight excluding hydrogens is 208 g/mol. The van der Waals surface area contributed by atoms with E-state index in [0.717, 1.165) is 0 Å². The Labute approximate surface area is 84.7 Å². The number of carboxylic acid groups (broad SMARTS) is 2. The van der Waals surface area contributed by atoms with E-state index < -0.39 is 43.0 Å². The van der Waals surface area contributed by atoms with Gasteiger partial charge in [-0.05, 0) is 0 Å². The van der Waals surface area contributed by atoms with Crippen molar-refractivity contribution in [2.24, 2.45) is 5.73 Å². The lowest BCUT2D eigenvalue weighted by molar-refractivity contribution is -0.143. The van der Waals surface area contributed by atoms with Crippen molar-refractivity contribution in [3.05, 3.63) is 0 Å². The van der Waals surface area contributed by atoms with E-state index in [9.17, 15) is 14.4 Å². The molecule has 0 rings (SSSR count). The van der Waals surface area contributed by atoms with E-state index in [1.165, 1.54) is 0 Å². The Hall–Kier alpha value is -1.67. The Morgan fingerprint density at radius 2 is 1.73 bits per heavy atom. The average molecular weight is 220 g/mol. The summed E-state index contributed by atoms with van der Waals surface area (Å²) in [7, 11) is 0. The molecule has 1 amide bonds. The van der Waals surface area contributed by atoms with Gasteiger partial charge in [-0.3, -0.25) is 9.59 Å². The lowest BCUT2D eigenvalue weighted by Gasteiger charge is -2.12. The second kappa shape index (κ2) is 5.94. The van der Waals surface area contributed by atoms with Crippen molar-refractivity contribution < 1.29 is 29.7 Å². The summed E-state index contributed by atoms with van der Waals surface area (Å²) in [6, 6.07) is -2.84. The van der Waals surface area contributed by atoms with Crippen LogP contribution in [-0.4, -0.2) is 51.9 Å². The fraction of sp³-hybridized carbons (Fsp3) is 0.571. The van der Waals surface area contributed by atoms with Gasteiger partial charge >= 0.3 is 11.9 Å². The first-order valence-electron chi connectivity index (χ1n) is 4.00. The molecule has 0 spiro atoms. The van der Waals surface area contributed by atoms with Crippen molar-refractivity contribution in [2.45, 2.75) is 18.5 Å². The number of nitrogens with one attached hydrogen (secondary N) is 1. The lowest BCUT2D eigenvalue weighted by atomic mass is 10.2. The molecule has 0 aromatic heterocycles. The molecule has 0 aliphatic rings. The van der Waals surface area contributed by atoms with Crippen molar-refractivity contribution in [2.75, 3.05) is 6.61 Å². The summed E-state index contributed by atoms with van der Waals surface area (Å²) >= 11 is 0. The normalized spacial score (nSPS) is 14.0. The van der Waals surface area contributed by atoms with Gasteiger partial charge in [0.25, 0.3) is 0 Å². The Balaban J connectivity index is 4.13. The molecule has 8 heteroatoms. The number of hydrogen-bond acceptors (Lipinski definition) is 5. The quantitative estimate of drug-likeness (QED) is 0.328. The molecule has 8 nitrogen and oxygen atoms in total. The van der Waals surface area contributed by atoms with Gasteiger partial charge in [0.2, 0.25) is 5.91 Å². The first-order chi connectivity index (χ1) is 6.88. The minimum atomic E-state index is -1.45. The van der Waals surface area contributed by atoms with E-state index >= 15 is 0 Å². The summed E-state index contributed by atoms with van der Waals surface area (Å²) in [6.45, 7) is -0.774. The maximum atomic E-state index is 11.0. The van der Waals surface area contributed by atoms with E-state index in [1.54, 1.807) is 0 Å².